The van der Waals surface area contributed by atoms with Crippen molar-refractivity contribution in [2.45, 2.75) is 19.5 Å². The molecule has 2 atom stereocenters. The SMILES string of the molecule is CC1=Cc2ccccc2C(C)P1. The Morgan fingerprint density at radius 1 is 1.25 bits per heavy atom. The van der Waals surface area contributed by atoms with Crippen molar-refractivity contribution in [1.29, 1.82) is 0 Å². The Hall–Kier alpha value is -0.610. The first kappa shape index (κ1) is 8.01. The van der Waals surface area contributed by atoms with Crippen molar-refractivity contribution in [3.63, 3.8) is 0 Å². The van der Waals surface area contributed by atoms with E-state index in [-0.39, 0.29) is 0 Å². The van der Waals surface area contributed by atoms with Gasteiger partial charge in [0.25, 0.3) is 0 Å². The van der Waals surface area contributed by atoms with E-state index in [1.54, 1.807) is 0 Å². The monoisotopic (exact) mass is 176 g/mol. The third-order valence-electron chi connectivity index (χ3n) is 2.28. The first-order valence-corrected chi connectivity index (χ1v) is 5.39. The maximum absolute atomic E-state index is 2.31. The van der Waals surface area contributed by atoms with Gasteiger partial charge >= 0.3 is 0 Å². The summed E-state index contributed by atoms with van der Waals surface area (Å²) in [4.78, 5) is 0. The minimum Gasteiger partial charge on any atom is -0.0877 e. The second kappa shape index (κ2) is 3.03. The topological polar surface area (TPSA) is 0 Å². The molecular formula is C11H13P. The van der Waals surface area contributed by atoms with Crippen molar-refractivity contribution in [1.82, 2.24) is 0 Å². The van der Waals surface area contributed by atoms with Crippen LogP contribution in [-0.2, 0) is 0 Å². The number of benzene rings is 1. The fourth-order valence-corrected chi connectivity index (χ4v) is 3.07. The van der Waals surface area contributed by atoms with Crippen molar-refractivity contribution in [3.8, 4) is 0 Å². The van der Waals surface area contributed by atoms with Gasteiger partial charge in [-0.1, -0.05) is 51.2 Å². The van der Waals surface area contributed by atoms with Crippen LogP contribution < -0.4 is 0 Å². The van der Waals surface area contributed by atoms with Gasteiger partial charge in [0.1, 0.15) is 0 Å². The zero-order chi connectivity index (χ0) is 8.55. The van der Waals surface area contributed by atoms with Gasteiger partial charge in [-0.3, -0.25) is 0 Å². The molecule has 2 unspecified atom stereocenters. The molecule has 0 nitrogen and oxygen atoms in total. The summed E-state index contributed by atoms with van der Waals surface area (Å²) in [6, 6.07) is 8.70. The highest BCUT2D eigenvalue weighted by atomic mass is 31.1. The molecule has 62 valence electrons. The van der Waals surface area contributed by atoms with Crippen molar-refractivity contribution in [3.05, 3.63) is 40.7 Å². The lowest BCUT2D eigenvalue weighted by Gasteiger charge is -2.20. The standard InChI is InChI=1S/C11H13P/c1-8-7-10-5-3-4-6-11(10)9(2)12-8/h3-7,9,12H,1-2H3. The summed E-state index contributed by atoms with van der Waals surface area (Å²) in [7, 11) is 0.977. The third kappa shape index (κ3) is 1.32. The van der Waals surface area contributed by atoms with Gasteiger partial charge in [0.05, 0.1) is 0 Å². The predicted octanol–water partition coefficient (Wildman–Crippen LogP) is 3.80. The van der Waals surface area contributed by atoms with E-state index < -0.39 is 0 Å². The molecule has 1 aromatic rings. The van der Waals surface area contributed by atoms with Gasteiger partial charge in [-0.2, -0.15) is 0 Å². The molecule has 0 aliphatic carbocycles. The summed E-state index contributed by atoms with van der Waals surface area (Å²) in [5.41, 5.74) is 3.66. The molecule has 0 saturated carbocycles. The Labute approximate surface area is 75.5 Å². The van der Waals surface area contributed by atoms with Gasteiger partial charge in [-0.25, -0.2) is 0 Å². The van der Waals surface area contributed by atoms with E-state index in [2.05, 4.69) is 44.2 Å². The zero-order valence-electron chi connectivity index (χ0n) is 7.46. The number of rotatable bonds is 0. The highest BCUT2D eigenvalue weighted by molar-refractivity contribution is 7.43. The summed E-state index contributed by atoms with van der Waals surface area (Å²) in [5.74, 6) is 0. The quantitative estimate of drug-likeness (QED) is 0.527. The van der Waals surface area contributed by atoms with Crippen LogP contribution in [0, 0.1) is 0 Å². The molecule has 0 aromatic heterocycles. The van der Waals surface area contributed by atoms with E-state index >= 15 is 0 Å². The Bertz CT molecular complexity index is 326. The second-order valence-electron chi connectivity index (χ2n) is 3.32. The summed E-state index contributed by atoms with van der Waals surface area (Å²) in [6.07, 6.45) is 2.31. The van der Waals surface area contributed by atoms with Crippen LogP contribution in [0.2, 0.25) is 0 Å². The van der Waals surface area contributed by atoms with Crippen LogP contribution >= 0.6 is 8.58 Å². The van der Waals surface area contributed by atoms with E-state index in [1.807, 2.05) is 0 Å². The average molecular weight is 176 g/mol. The minimum absolute atomic E-state index is 0.728. The van der Waals surface area contributed by atoms with Crippen molar-refractivity contribution in [2.75, 3.05) is 0 Å². The van der Waals surface area contributed by atoms with Crippen molar-refractivity contribution in [2.24, 2.45) is 0 Å². The average Bonchev–Trinajstić information content (AvgIpc) is 2.04. The number of fused-ring (bicyclic) bond motifs is 1. The molecule has 12 heavy (non-hydrogen) atoms. The molecule has 0 fully saturated rings. The van der Waals surface area contributed by atoms with Crippen molar-refractivity contribution >= 4 is 14.7 Å². The van der Waals surface area contributed by atoms with Crippen LogP contribution in [0.5, 0.6) is 0 Å². The normalized spacial score (nSPS) is 23.5. The molecule has 0 amide bonds. The van der Waals surface area contributed by atoms with Crippen molar-refractivity contribution < 1.29 is 0 Å². The third-order valence-corrected chi connectivity index (χ3v) is 3.62. The van der Waals surface area contributed by atoms with Gasteiger partial charge in [0, 0.05) is 5.66 Å². The fraction of sp³-hybridized carbons (Fsp3) is 0.273. The number of allylic oxidation sites excluding steroid dienone is 1. The molecule has 1 aromatic carbocycles. The Balaban J connectivity index is 2.55. The largest absolute Gasteiger partial charge is 0.0877 e. The van der Waals surface area contributed by atoms with Gasteiger partial charge in [-0.05, 0) is 18.1 Å². The summed E-state index contributed by atoms with van der Waals surface area (Å²) < 4.78 is 0. The van der Waals surface area contributed by atoms with E-state index in [0.29, 0.717) is 0 Å². The van der Waals surface area contributed by atoms with Crippen LogP contribution in [-0.4, -0.2) is 0 Å². The molecule has 1 aliphatic rings. The molecule has 0 saturated heterocycles. The van der Waals surface area contributed by atoms with E-state index in [1.165, 1.54) is 16.4 Å². The zero-order valence-corrected chi connectivity index (χ0v) is 8.46. The predicted molar refractivity (Wildman–Crippen MR) is 56.8 cm³/mol. The van der Waals surface area contributed by atoms with Crippen LogP contribution in [0.3, 0.4) is 0 Å². The maximum atomic E-state index is 2.31. The molecule has 0 N–H and O–H groups in total. The molecular weight excluding hydrogens is 163 g/mol. The smallest absolute Gasteiger partial charge is 0.00290 e. The van der Waals surface area contributed by atoms with Gasteiger partial charge in [0.2, 0.25) is 0 Å². The Morgan fingerprint density at radius 2 is 2.00 bits per heavy atom. The highest BCUT2D eigenvalue weighted by Gasteiger charge is 2.13. The minimum atomic E-state index is 0.728. The molecule has 0 radical (unpaired) electrons. The van der Waals surface area contributed by atoms with Crippen LogP contribution in [0.4, 0.5) is 0 Å². The van der Waals surface area contributed by atoms with Crippen LogP contribution in [0.1, 0.15) is 30.6 Å². The first-order valence-electron chi connectivity index (χ1n) is 4.31. The molecule has 1 heteroatoms. The van der Waals surface area contributed by atoms with Crippen LogP contribution in [0.25, 0.3) is 6.08 Å². The van der Waals surface area contributed by atoms with E-state index in [9.17, 15) is 0 Å². The van der Waals surface area contributed by atoms with Gasteiger partial charge in [0.15, 0.2) is 0 Å². The first-order chi connectivity index (χ1) is 5.77. The lowest BCUT2D eigenvalue weighted by molar-refractivity contribution is 1.08. The van der Waals surface area contributed by atoms with Gasteiger partial charge < -0.3 is 0 Å². The summed E-state index contributed by atoms with van der Waals surface area (Å²) in [6.45, 7) is 4.54. The molecule has 1 aliphatic heterocycles. The van der Waals surface area contributed by atoms with E-state index in [0.717, 1.165) is 14.2 Å². The van der Waals surface area contributed by atoms with Gasteiger partial charge in [-0.15, -0.1) is 0 Å². The summed E-state index contributed by atoms with van der Waals surface area (Å²) in [5, 5.41) is 1.53. The number of hydrogen-bond donors (Lipinski definition) is 0. The molecule has 2 rings (SSSR count). The van der Waals surface area contributed by atoms with Crippen LogP contribution in [0.15, 0.2) is 29.6 Å². The fourth-order valence-electron chi connectivity index (χ4n) is 1.73. The Morgan fingerprint density at radius 3 is 2.83 bits per heavy atom. The highest BCUT2D eigenvalue weighted by Crippen LogP contribution is 2.46. The maximum Gasteiger partial charge on any atom is 0.00290 e. The Kier molecular flexibility index (Phi) is 2.02. The van der Waals surface area contributed by atoms with E-state index in [4.69, 9.17) is 0 Å². The lowest BCUT2D eigenvalue weighted by atomic mass is 10.0. The molecule has 0 spiro atoms. The lowest BCUT2D eigenvalue weighted by Crippen LogP contribution is -1.94. The molecule has 1 heterocycles. The molecule has 0 bridgehead atoms. The second-order valence-corrected chi connectivity index (χ2v) is 5.27. The summed E-state index contributed by atoms with van der Waals surface area (Å²) >= 11 is 0. The number of hydrogen-bond acceptors (Lipinski definition) is 0.